The van der Waals surface area contributed by atoms with Crippen molar-refractivity contribution in [3.05, 3.63) is 72.9 Å². The lowest BCUT2D eigenvalue weighted by Gasteiger charge is -2.15. The Morgan fingerprint density at radius 1 is 0.558 bits per heavy atom. The molecule has 0 saturated heterocycles. The number of rotatable bonds is 36. The van der Waals surface area contributed by atoms with Crippen molar-refractivity contribution < 1.29 is 34.4 Å². The third kappa shape index (κ3) is 37.0. The van der Waals surface area contributed by atoms with E-state index in [-0.39, 0.29) is 19.0 Å². The maximum Gasteiger partial charge on any atom is 0.306 e. The van der Waals surface area contributed by atoms with Crippen LogP contribution in [-0.2, 0) is 19.1 Å². The molecule has 0 heterocycles. The van der Waals surface area contributed by atoms with Crippen LogP contribution in [0.25, 0.3) is 0 Å². The van der Waals surface area contributed by atoms with Crippen molar-refractivity contribution in [3.8, 4) is 0 Å². The second-order valence-electron chi connectivity index (χ2n) is 13.7. The monoisotopic (exact) mass is 729 g/mol. The number of aliphatic hydroxyl groups excluding tert-OH is 3. The topological polar surface area (TPSA) is 113 Å². The van der Waals surface area contributed by atoms with Crippen molar-refractivity contribution in [1.29, 1.82) is 0 Å². The van der Waals surface area contributed by atoms with E-state index in [1.807, 2.05) is 48.6 Å². The third-order valence-corrected chi connectivity index (χ3v) is 8.69. The molecule has 0 radical (unpaired) electrons. The van der Waals surface area contributed by atoms with Crippen LogP contribution < -0.4 is 0 Å². The number of ether oxygens (including phenoxy) is 2. The summed E-state index contributed by atoms with van der Waals surface area (Å²) in [6.07, 6.45) is 46.1. The van der Waals surface area contributed by atoms with Gasteiger partial charge in [-0.15, -0.1) is 0 Å². The molecule has 3 N–H and O–H groups in total. The van der Waals surface area contributed by atoms with Gasteiger partial charge in [-0.05, 0) is 38.5 Å². The Balaban J connectivity index is 3.80. The summed E-state index contributed by atoms with van der Waals surface area (Å²) in [6, 6.07) is 0. The Kier molecular flexibility index (Phi) is 37.4. The second kappa shape index (κ2) is 39.5. The number of carbonyl (C=O) groups excluding carboxylic acids is 2. The van der Waals surface area contributed by atoms with Crippen molar-refractivity contribution in [1.82, 2.24) is 0 Å². The van der Waals surface area contributed by atoms with Crippen LogP contribution in [0.2, 0.25) is 0 Å². The zero-order chi connectivity index (χ0) is 38.2. The lowest BCUT2D eigenvalue weighted by molar-refractivity contribution is -0.161. The van der Waals surface area contributed by atoms with Crippen LogP contribution in [0.3, 0.4) is 0 Å². The van der Waals surface area contributed by atoms with E-state index in [4.69, 9.17) is 9.47 Å². The Labute approximate surface area is 318 Å². The lowest BCUT2D eigenvalue weighted by atomic mass is 10.0. The molecule has 3 atom stereocenters. The Bertz CT molecular complexity index is 994. The molecule has 0 aliphatic rings. The fourth-order valence-corrected chi connectivity index (χ4v) is 5.52. The zero-order valence-corrected chi connectivity index (χ0v) is 33.0. The highest BCUT2D eigenvalue weighted by atomic mass is 16.6. The molecule has 0 spiro atoms. The molecule has 7 heteroatoms. The van der Waals surface area contributed by atoms with Crippen LogP contribution in [0.1, 0.15) is 168 Å². The van der Waals surface area contributed by atoms with E-state index < -0.39 is 30.9 Å². The molecule has 0 rings (SSSR count). The van der Waals surface area contributed by atoms with Gasteiger partial charge in [0.1, 0.15) is 6.61 Å². The van der Waals surface area contributed by atoms with Gasteiger partial charge in [0.05, 0.1) is 18.8 Å². The van der Waals surface area contributed by atoms with Crippen LogP contribution in [0.5, 0.6) is 0 Å². The Morgan fingerprint density at radius 2 is 1.04 bits per heavy atom. The molecule has 0 aliphatic heterocycles. The third-order valence-electron chi connectivity index (χ3n) is 8.69. The average molecular weight is 729 g/mol. The predicted molar refractivity (Wildman–Crippen MR) is 217 cm³/mol. The summed E-state index contributed by atoms with van der Waals surface area (Å²) < 4.78 is 10.5. The van der Waals surface area contributed by atoms with Gasteiger partial charge in [-0.25, -0.2) is 0 Å². The molecular formula is C45H76O7. The van der Waals surface area contributed by atoms with Gasteiger partial charge < -0.3 is 24.8 Å². The molecular weight excluding hydrogens is 652 g/mol. The van der Waals surface area contributed by atoms with Gasteiger partial charge in [0.2, 0.25) is 0 Å². The predicted octanol–water partition coefficient (Wildman–Crippen LogP) is 10.9. The van der Waals surface area contributed by atoms with Crippen LogP contribution in [0.15, 0.2) is 72.9 Å². The highest BCUT2D eigenvalue weighted by molar-refractivity contribution is 5.70. The highest BCUT2D eigenvalue weighted by Crippen LogP contribution is 2.14. The first-order valence-electron chi connectivity index (χ1n) is 20.7. The molecule has 0 unspecified atom stereocenters. The number of hydrogen-bond donors (Lipinski definition) is 3. The first-order valence-corrected chi connectivity index (χ1v) is 20.7. The molecule has 0 fully saturated rings. The highest BCUT2D eigenvalue weighted by Gasteiger charge is 2.15. The smallest absolute Gasteiger partial charge is 0.306 e. The molecule has 52 heavy (non-hydrogen) atoms. The van der Waals surface area contributed by atoms with Crippen LogP contribution in [-0.4, -0.2) is 58.8 Å². The van der Waals surface area contributed by atoms with E-state index in [9.17, 15) is 24.9 Å². The van der Waals surface area contributed by atoms with E-state index >= 15 is 0 Å². The molecule has 0 aromatic carbocycles. The quantitative estimate of drug-likeness (QED) is 0.0255. The molecule has 0 aromatic rings. The summed E-state index contributed by atoms with van der Waals surface area (Å²) in [5.74, 6) is -0.758. The van der Waals surface area contributed by atoms with Gasteiger partial charge in [0.15, 0.2) is 6.10 Å². The maximum atomic E-state index is 12.2. The number of hydrogen-bond acceptors (Lipinski definition) is 7. The summed E-state index contributed by atoms with van der Waals surface area (Å²) in [6.45, 7) is 3.80. The van der Waals surface area contributed by atoms with Crippen molar-refractivity contribution in [2.45, 2.75) is 186 Å². The van der Waals surface area contributed by atoms with Crippen molar-refractivity contribution in [3.63, 3.8) is 0 Å². The maximum absolute atomic E-state index is 12.2. The van der Waals surface area contributed by atoms with Gasteiger partial charge in [0.25, 0.3) is 0 Å². The first kappa shape index (κ1) is 49.3. The minimum atomic E-state index is -0.850. The number of unbranched alkanes of at least 4 members (excludes halogenated alkanes) is 16. The van der Waals surface area contributed by atoms with Gasteiger partial charge in [0, 0.05) is 12.8 Å². The molecule has 298 valence electrons. The standard InChI is InChI=1S/C45H76O7/c1-3-5-7-8-9-10-11-12-13-14-15-16-17-18-19-23-31-37-44(49)51-40-43(39-46)52-45(50)38-32-24-21-20-22-28-34-42(48)36-30-26-25-29-35-41(47)33-27-6-4-2/h6,21-22,24-30,35-36,41-43,46-48H,3-5,7-20,23,31-34,37-40H2,1-2H3/b24-21-,26-25-,27-6-,28-22-,35-29+,36-30+/t41-,42+,43-/m0/s1. The SMILES string of the molecule is CC/C=C\C[C@H](O)/C=C/C=C\C=C\[C@H](O)C/C=C\C/C=C\CCC(=O)O[C@@H](CO)COC(=O)CCCCCCCCCCCCCCCCCCC. The largest absolute Gasteiger partial charge is 0.462 e. The number of aliphatic hydroxyl groups is 3. The van der Waals surface area contributed by atoms with E-state index in [1.54, 1.807) is 24.3 Å². The summed E-state index contributed by atoms with van der Waals surface area (Å²) in [5.41, 5.74) is 0. The Morgan fingerprint density at radius 3 is 1.54 bits per heavy atom. The van der Waals surface area contributed by atoms with Crippen molar-refractivity contribution in [2.24, 2.45) is 0 Å². The second-order valence-corrected chi connectivity index (χ2v) is 13.7. The number of carbonyl (C=O) groups is 2. The van der Waals surface area contributed by atoms with Gasteiger partial charge in [-0.3, -0.25) is 9.59 Å². The molecule has 0 bridgehead atoms. The summed E-state index contributed by atoms with van der Waals surface area (Å²) in [4.78, 5) is 24.3. The average Bonchev–Trinajstić information content (AvgIpc) is 3.13. The molecule has 0 amide bonds. The summed E-state index contributed by atoms with van der Waals surface area (Å²) in [7, 11) is 0. The minimum Gasteiger partial charge on any atom is -0.462 e. The first-order chi connectivity index (χ1) is 25.4. The Hall–Kier alpha value is -2.74. The van der Waals surface area contributed by atoms with E-state index in [2.05, 4.69) is 13.8 Å². The van der Waals surface area contributed by atoms with Gasteiger partial charge >= 0.3 is 11.9 Å². The van der Waals surface area contributed by atoms with E-state index in [0.29, 0.717) is 32.1 Å². The fourth-order valence-electron chi connectivity index (χ4n) is 5.52. The van der Waals surface area contributed by atoms with Crippen LogP contribution in [0.4, 0.5) is 0 Å². The summed E-state index contributed by atoms with van der Waals surface area (Å²) in [5, 5.41) is 29.4. The molecule has 0 aliphatic carbocycles. The van der Waals surface area contributed by atoms with E-state index in [1.165, 1.54) is 89.9 Å². The van der Waals surface area contributed by atoms with Gasteiger partial charge in [-0.2, -0.15) is 0 Å². The molecule has 0 aromatic heterocycles. The lowest BCUT2D eigenvalue weighted by Crippen LogP contribution is -2.28. The minimum absolute atomic E-state index is 0.129. The summed E-state index contributed by atoms with van der Waals surface area (Å²) >= 11 is 0. The zero-order valence-electron chi connectivity index (χ0n) is 33.0. The van der Waals surface area contributed by atoms with Crippen LogP contribution in [0, 0.1) is 0 Å². The number of allylic oxidation sites excluding steroid dienone is 8. The van der Waals surface area contributed by atoms with Gasteiger partial charge in [-0.1, -0.05) is 189 Å². The fraction of sp³-hybridized carbons (Fsp3) is 0.689. The van der Waals surface area contributed by atoms with Crippen molar-refractivity contribution >= 4 is 11.9 Å². The van der Waals surface area contributed by atoms with Crippen molar-refractivity contribution in [2.75, 3.05) is 13.2 Å². The molecule has 0 saturated carbocycles. The normalized spacial score (nSPS) is 14.2. The number of esters is 2. The van der Waals surface area contributed by atoms with E-state index in [0.717, 1.165) is 25.7 Å². The molecule has 7 nitrogen and oxygen atoms in total. The van der Waals surface area contributed by atoms with Crippen LogP contribution >= 0.6 is 0 Å².